The van der Waals surface area contributed by atoms with Crippen molar-refractivity contribution in [3.05, 3.63) is 42.0 Å². The summed E-state index contributed by atoms with van der Waals surface area (Å²) >= 11 is -0.912. The van der Waals surface area contributed by atoms with Crippen molar-refractivity contribution in [1.82, 2.24) is 4.90 Å². The number of benzene rings is 2. The second-order valence-electron chi connectivity index (χ2n) is 5.49. The van der Waals surface area contributed by atoms with Gasteiger partial charge in [-0.3, -0.25) is 9.69 Å². The summed E-state index contributed by atoms with van der Waals surface area (Å²) in [6.45, 7) is 0. The van der Waals surface area contributed by atoms with Gasteiger partial charge >= 0.3 is 6.03 Å². The summed E-state index contributed by atoms with van der Waals surface area (Å²) in [5, 5.41) is 10.6. The van der Waals surface area contributed by atoms with Gasteiger partial charge in [-0.15, -0.1) is 0 Å². The van der Waals surface area contributed by atoms with Gasteiger partial charge in [0.2, 0.25) is 5.88 Å². The van der Waals surface area contributed by atoms with Crippen molar-refractivity contribution in [1.29, 1.82) is 5.26 Å². The van der Waals surface area contributed by atoms with Crippen molar-refractivity contribution >= 4 is 39.6 Å². The maximum absolute atomic E-state index is 12.6. The molecule has 1 unspecified atom stereocenters. The number of hydrogen-bond acceptors (Lipinski definition) is 4. The summed E-state index contributed by atoms with van der Waals surface area (Å²) in [7, 11) is 0. The van der Waals surface area contributed by atoms with Crippen LogP contribution in [0.25, 0.3) is 10.8 Å². The number of carbonyl (C=O) groups is 2. The van der Waals surface area contributed by atoms with Crippen LogP contribution in [0, 0.1) is 11.3 Å². The van der Waals surface area contributed by atoms with Gasteiger partial charge in [-0.25, -0.2) is 9.69 Å². The lowest BCUT2D eigenvalue weighted by Crippen LogP contribution is -2.34. The van der Waals surface area contributed by atoms with Gasteiger partial charge in [0.05, 0.1) is 17.3 Å². The van der Waals surface area contributed by atoms with E-state index in [1.807, 2.05) is 12.1 Å². The Morgan fingerprint density at radius 2 is 1.91 bits per heavy atom. The molecule has 0 aromatic heterocycles. The molecule has 0 saturated carbocycles. The highest BCUT2D eigenvalue weighted by Crippen LogP contribution is 2.35. The first-order valence-corrected chi connectivity index (χ1v) is 8.57. The van der Waals surface area contributed by atoms with E-state index in [1.165, 1.54) is 9.80 Å². The second-order valence-corrected chi connectivity index (χ2v) is 7.01. The molecule has 0 spiro atoms. The molecule has 2 aromatic carbocycles. The van der Waals surface area contributed by atoms with E-state index in [0.717, 1.165) is 0 Å². The third-order valence-corrected chi connectivity index (χ3v) is 5.50. The van der Waals surface area contributed by atoms with Crippen LogP contribution >= 0.6 is 0 Å². The van der Waals surface area contributed by atoms with Crippen LogP contribution in [0.2, 0.25) is 0 Å². The Kier molecular flexibility index (Phi) is 3.04. The second kappa shape index (κ2) is 4.98. The number of urea groups is 1. The molecule has 114 valence electrons. The number of amides is 3. The van der Waals surface area contributed by atoms with Gasteiger partial charge < -0.3 is 0 Å². The van der Waals surface area contributed by atoms with Gasteiger partial charge in [-0.2, -0.15) is 9.81 Å². The largest absolute Gasteiger partial charge is 0.336 e. The number of fused-ring (bicyclic) bond motifs is 2. The van der Waals surface area contributed by atoms with Crippen LogP contribution in [0.4, 0.5) is 10.5 Å². The standard InChI is InChI=1S/C16H12N3O3S/c17-7-10-5-6-13(12-4-2-1-3-11(10)12)19-15(20)14-8-23(22)9-18(14)16(19)21/h1-6,14,22H,8-9H2/q+1/t14-,23?/m0/s1. The number of nitrogens with zero attached hydrogens (tertiary/aromatic N) is 3. The van der Waals surface area contributed by atoms with E-state index in [0.29, 0.717) is 27.8 Å². The van der Waals surface area contributed by atoms with Gasteiger partial charge in [0.1, 0.15) is 0 Å². The molecular weight excluding hydrogens is 314 g/mol. The predicted molar refractivity (Wildman–Crippen MR) is 86.9 cm³/mol. The summed E-state index contributed by atoms with van der Waals surface area (Å²) in [5.74, 6) is 0.198. The van der Waals surface area contributed by atoms with Gasteiger partial charge in [-0.1, -0.05) is 24.3 Å². The Bertz CT molecular complexity index is 868. The summed E-state index contributed by atoms with van der Waals surface area (Å²) in [6, 6.07) is 11.6. The molecule has 3 amide bonds. The molecule has 0 aliphatic carbocycles. The van der Waals surface area contributed by atoms with E-state index < -0.39 is 23.2 Å². The molecule has 23 heavy (non-hydrogen) atoms. The summed E-state index contributed by atoms with van der Waals surface area (Å²) in [6.07, 6.45) is 0. The molecule has 6 nitrogen and oxygen atoms in total. The molecular formula is C16H12N3O3S+. The highest BCUT2D eigenvalue weighted by Gasteiger charge is 2.56. The lowest BCUT2D eigenvalue weighted by Gasteiger charge is -2.17. The van der Waals surface area contributed by atoms with E-state index in [2.05, 4.69) is 6.07 Å². The minimum atomic E-state index is -0.912. The maximum Gasteiger partial charge on any atom is 0.336 e. The van der Waals surface area contributed by atoms with Crippen LogP contribution in [0.15, 0.2) is 36.4 Å². The Labute approximate surface area is 135 Å². The zero-order chi connectivity index (χ0) is 16.1. The van der Waals surface area contributed by atoms with E-state index in [1.54, 1.807) is 24.3 Å². The molecule has 4 rings (SSSR count). The first-order chi connectivity index (χ1) is 11.1. The van der Waals surface area contributed by atoms with E-state index in [-0.39, 0.29) is 11.8 Å². The maximum atomic E-state index is 12.6. The topological polar surface area (TPSA) is 84.6 Å². The SMILES string of the molecule is N#Cc1ccc(N2C(=O)[C@@H]3C[S+](O)CN3C2=O)c2ccccc12. The predicted octanol–water partition coefficient (Wildman–Crippen LogP) is 1.91. The Balaban J connectivity index is 1.87. The average molecular weight is 326 g/mol. The number of hydrogen-bond donors (Lipinski definition) is 1. The van der Waals surface area contributed by atoms with Crippen LogP contribution in [0.5, 0.6) is 0 Å². The fourth-order valence-electron chi connectivity index (χ4n) is 3.14. The molecule has 2 saturated heterocycles. The number of anilines is 1. The van der Waals surface area contributed by atoms with Crippen molar-refractivity contribution in [3.63, 3.8) is 0 Å². The van der Waals surface area contributed by atoms with Gasteiger partial charge in [-0.05, 0) is 12.1 Å². The van der Waals surface area contributed by atoms with Crippen LogP contribution in [0.3, 0.4) is 0 Å². The van der Waals surface area contributed by atoms with Crippen LogP contribution < -0.4 is 4.90 Å². The highest BCUT2D eigenvalue weighted by molar-refractivity contribution is 7.91. The van der Waals surface area contributed by atoms with Gasteiger partial charge in [0, 0.05) is 10.8 Å². The molecule has 0 radical (unpaired) electrons. The highest BCUT2D eigenvalue weighted by atomic mass is 32.2. The molecule has 2 atom stereocenters. The first kappa shape index (κ1) is 14.1. The fourth-order valence-corrected chi connectivity index (χ4v) is 4.54. The van der Waals surface area contributed by atoms with Crippen molar-refractivity contribution in [2.75, 3.05) is 16.5 Å². The zero-order valence-corrected chi connectivity index (χ0v) is 12.8. The van der Waals surface area contributed by atoms with Crippen molar-refractivity contribution < 1.29 is 14.1 Å². The monoisotopic (exact) mass is 326 g/mol. The van der Waals surface area contributed by atoms with Crippen LogP contribution in [-0.2, 0) is 16.0 Å². The van der Waals surface area contributed by atoms with Crippen LogP contribution in [-0.4, -0.2) is 39.1 Å². The minimum Gasteiger partial charge on any atom is -0.271 e. The lowest BCUT2D eigenvalue weighted by atomic mass is 10.0. The Hall–Kier alpha value is -2.56. The Morgan fingerprint density at radius 1 is 1.17 bits per heavy atom. The number of nitriles is 1. The third-order valence-electron chi connectivity index (χ3n) is 4.22. The third kappa shape index (κ3) is 1.92. The van der Waals surface area contributed by atoms with Crippen LogP contribution in [0.1, 0.15) is 5.56 Å². The molecule has 1 N–H and O–H groups in total. The molecule has 0 bridgehead atoms. The van der Waals surface area contributed by atoms with Gasteiger partial charge in [0.15, 0.2) is 23.0 Å². The van der Waals surface area contributed by atoms with E-state index >= 15 is 0 Å². The minimum absolute atomic E-state index is 0.208. The van der Waals surface area contributed by atoms with Gasteiger partial charge in [0.25, 0.3) is 5.91 Å². The number of rotatable bonds is 1. The van der Waals surface area contributed by atoms with Crippen molar-refractivity contribution in [2.45, 2.75) is 6.04 Å². The normalized spacial score (nSPS) is 23.5. The number of imide groups is 1. The van der Waals surface area contributed by atoms with Crippen molar-refractivity contribution in [2.24, 2.45) is 0 Å². The summed E-state index contributed by atoms with van der Waals surface area (Å²) < 4.78 is 9.69. The number of carbonyl (C=O) groups excluding carboxylic acids is 2. The smallest absolute Gasteiger partial charge is 0.271 e. The first-order valence-electron chi connectivity index (χ1n) is 7.05. The molecule has 2 fully saturated rings. The summed E-state index contributed by atoms with van der Waals surface area (Å²) in [5.41, 5.74) is 0.989. The molecule has 2 aromatic rings. The van der Waals surface area contributed by atoms with E-state index in [9.17, 15) is 19.4 Å². The lowest BCUT2D eigenvalue weighted by molar-refractivity contribution is -0.118. The van der Waals surface area contributed by atoms with Crippen molar-refractivity contribution in [3.8, 4) is 6.07 Å². The molecule has 7 heteroatoms. The zero-order valence-electron chi connectivity index (χ0n) is 12.0. The Morgan fingerprint density at radius 3 is 2.61 bits per heavy atom. The van der Waals surface area contributed by atoms with E-state index in [4.69, 9.17) is 0 Å². The average Bonchev–Trinajstić information content (AvgIpc) is 3.05. The fraction of sp³-hybridized carbons (Fsp3) is 0.188. The molecule has 2 heterocycles. The molecule has 2 aliphatic heterocycles. The quantitative estimate of drug-likeness (QED) is 0.641. The molecule has 2 aliphatic rings. The summed E-state index contributed by atoms with van der Waals surface area (Å²) in [4.78, 5) is 27.8.